The lowest BCUT2D eigenvalue weighted by atomic mass is 10.1. The Bertz CT molecular complexity index is 1190. The van der Waals surface area contributed by atoms with Gasteiger partial charge in [-0.1, -0.05) is 62.4 Å². The van der Waals surface area contributed by atoms with Crippen molar-refractivity contribution in [1.29, 1.82) is 0 Å². The van der Waals surface area contributed by atoms with E-state index >= 15 is 0 Å². The third-order valence-electron chi connectivity index (χ3n) is 6.30. The predicted molar refractivity (Wildman–Crippen MR) is 137 cm³/mol. The molecule has 2 heterocycles. The highest BCUT2D eigenvalue weighted by Gasteiger charge is 2.14. The molecular weight excluding hydrogens is 392 g/mol. The molecule has 2 aromatic carbocycles. The summed E-state index contributed by atoms with van der Waals surface area (Å²) in [4.78, 5) is 11.9. The molecule has 0 amide bonds. The number of para-hydroxylation sites is 1. The third kappa shape index (κ3) is 4.91. The van der Waals surface area contributed by atoms with Gasteiger partial charge in [-0.3, -0.25) is 4.99 Å². The van der Waals surface area contributed by atoms with E-state index in [1.165, 1.54) is 27.4 Å². The summed E-state index contributed by atoms with van der Waals surface area (Å²) in [6.07, 6.45) is 4.13. The molecule has 4 nitrogen and oxygen atoms in total. The van der Waals surface area contributed by atoms with Gasteiger partial charge in [-0.25, -0.2) is 4.98 Å². The second-order valence-electron chi connectivity index (χ2n) is 8.35. The molecule has 0 spiro atoms. The topological polar surface area (TPSA) is 33.4 Å². The standard InChI is InChI=1S/C28H34N4/c1-4-31(5-2)19-17-29-21-24-20-26-25-15-9-10-16-27(25)32(28(26)22(3)30-24)18-11-14-23-12-7-6-8-13-23/h6-10,12-13,15-16,20-21H,4-5,11,14,17-19H2,1-3H3. The number of benzene rings is 2. The lowest BCUT2D eigenvalue weighted by molar-refractivity contribution is 0.313. The van der Waals surface area contributed by atoms with E-state index in [1.807, 2.05) is 6.21 Å². The monoisotopic (exact) mass is 426 g/mol. The Morgan fingerprint density at radius 2 is 1.72 bits per heavy atom. The molecule has 4 heteroatoms. The maximum atomic E-state index is 4.90. The van der Waals surface area contributed by atoms with E-state index in [4.69, 9.17) is 4.98 Å². The van der Waals surface area contributed by atoms with Crippen LogP contribution in [-0.4, -0.2) is 46.8 Å². The summed E-state index contributed by atoms with van der Waals surface area (Å²) >= 11 is 0. The van der Waals surface area contributed by atoms with Gasteiger partial charge in [-0.15, -0.1) is 0 Å². The molecule has 0 unspecified atom stereocenters. The number of aromatic nitrogens is 2. The Labute approximate surface area is 191 Å². The molecule has 166 valence electrons. The minimum Gasteiger partial charge on any atom is -0.339 e. The van der Waals surface area contributed by atoms with Crippen molar-refractivity contribution in [3.8, 4) is 0 Å². The highest BCUT2D eigenvalue weighted by atomic mass is 15.1. The third-order valence-corrected chi connectivity index (χ3v) is 6.30. The van der Waals surface area contributed by atoms with E-state index in [9.17, 15) is 0 Å². The first-order valence-electron chi connectivity index (χ1n) is 11.9. The summed E-state index contributed by atoms with van der Waals surface area (Å²) in [6.45, 7) is 11.4. The number of rotatable bonds is 10. The molecule has 4 rings (SSSR count). The second kappa shape index (κ2) is 10.6. The summed E-state index contributed by atoms with van der Waals surface area (Å²) in [7, 11) is 0. The van der Waals surface area contributed by atoms with Crippen molar-refractivity contribution in [2.24, 2.45) is 4.99 Å². The number of aryl methyl sites for hydroxylation is 3. The molecule has 0 radical (unpaired) electrons. The molecule has 0 aliphatic carbocycles. The Balaban J connectivity index is 1.60. The van der Waals surface area contributed by atoms with E-state index in [0.717, 1.165) is 57.0 Å². The van der Waals surface area contributed by atoms with Crippen LogP contribution in [0.2, 0.25) is 0 Å². The fourth-order valence-corrected chi connectivity index (χ4v) is 4.57. The molecule has 0 aliphatic heterocycles. The predicted octanol–water partition coefficient (Wildman–Crippen LogP) is 5.89. The first kappa shape index (κ1) is 22.2. The maximum Gasteiger partial charge on any atom is 0.0818 e. The summed E-state index contributed by atoms with van der Waals surface area (Å²) in [5.74, 6) is 0. The van der Waals surface area contributed by atoms with Crippen molar-refractivity contribution < 1.29 is 0 Å². The number of hydrogen-bond donors (Lipinski definition) is 0. The average Bonchev–Trinajstić information content (AvgIpc) is 3.14. The highest BCUT2D eigenvalue weighted by molar-refractivity contribution is 6.09. The number of fused-ring (bicyclic) bond motifs is 3. The van der Waals surface area contributed by atoms with Crippen LogP contribution in [0.3, 0.4) is 0 Å². The Morgan fingerprint density at radius 3 is 2.50 bits per heavy atom. The van der Waals surface area contributed by atoms with Gasteiger partial charge in [0.05, 0.1) is 23.4 Å². The lowest BCUT2D eigenvalue weighted by Crippen LogP contribution is -2.25. The molecule has 0 saturated heterocycles. The van der Waals surface area contributed by atoms with Crippen molar-refractivity contribution in [2.45, 2.75) is 40.2 Å². The van der Waals surface area contributed by atoms with Gasteiger partial charge in [0.25, 0.3) is 0 Å². The van der Waals surface area contributed by atoms with Crippen molar-refractivity contribution in [3.63, 3.8) is 0 Å². The van der Waals surface area contributed by atoms with Gasteiger partial charge in [0, 0.05) is 35.6 Å². The van der Waals surface area contributed by atoms with Gasteiger partial charge in [-0.2, -0.15) is 0 Å². The lowest BCUT2D eigenvalue weighted by Gasteiger charge is -2.15. The quantitative estimate of drug-likeness (QED) is 0.296. The van der Waals surface area contributed by atoms with E-state index in [0.29, 0.717) is 0 Å². The smallest absolute Gasteiger partial charge is 0.0818 e. The largest absolute Gasteiger partial charge is 0.339 e. The molecular formula is C28H34N4. The molecule has 32 heavy (non-hydrogen) atoms. The molecule has 0 atom stereocenters. The SMILES string of the molecule is CCN(CC)CCN=Cc1cc2c3ccccc3n(CCCc3ccccc3)c2c(C)n1. The number of pyridine rings is 1. The number of aliphatic imine (C=N–C) groups is 1. The van der Waals surface area contributed by atoms with Crippen LogP contribution in [0.25, 0.3) is 21.8 Å². The van der Waals surface area contributed by atoms with Crippen LogP contribution in [-0.2, 0) is 13.0 Å². The first-order chi connectivity index (χ1) is 15.7. The summed E-state index contributed by atoms with van der Waals surface area (Å²) in [5, 5.41) is 2.57. The van der Waals surface area contributed by atoms with Crippen molar-refractivity contribution in [2.75, 3.05) is 26.2 Å². The normalized spacial score (nSPS) is 12.0. The summed E-state index contributed by atoms with van der Waals surface area (Å²) < 4.78 is 2.46. The number of hydrogen-bond acceptors (Lipinski definition) is 3. The fourth-order valence-electron chi connectivity index (χ4n) is 4.57. The van der Waals surface area contributed by atoms with E-state index in [-0.39, 0.29) is 0 Å². The highest BCUT2D eigenvalue weighted by Crippen LogP contribution is 2.31. The zero-order valence-electron chi connectivity index (χ0n) is 19.6. The Morgan fingerprint density at radius 1 is 0.969 bits per heavy atom. The van der Waals surface area contributed by atoms with Crippen LogP contribution < -0.4 is 0 Å². The van der Waals surface area contributed by atoms with Crippen molar-refractivity contribution in [1.82, 2.24) is 14.5 Å². The first-order valence-corrected chi connectivity index (χ1v) is 11.9. The van der Waals surface area contributed by atoms with Gasteiger partial charge in [0.15, 0.2) is 0 Å². The van der Waals surface area contributed by atoms with Gasteiger partial charge in [0.2, 0.25) is 0 Å². The number of nitrogens with zero attached hydrogens (tertiary/aromatic N) is 4. The van der Waals surface area contributed by atoms with Crippen molar-refractivity contribution >= 4 is 28.0 Å². The van der Waals surface area contributed by atoms with Gasteiger partial charge < -0.3 is 9.47 Å². The van der Waals surface area contributed by atoms with Gasteiger partial charge in [-0.05, 0) is 50.6 Å². The van der Waals surface area contributed by atoms with Crippen LogP contribution in [0.15, 0.2) is 65.7 Å². The zero-order valence-corrected chi connectivity index (χ0v) is 19.6. The average molecular weight is 427 g/mol. The second-order valence-corrected chi connectivity index (χ2v) is 8.35. The van der Waals surface area contributed by atoms with Crippen LogP contribution in [0.5, 0.6) is 0 Å². The maximum absolute atomic E-state index is 4.90. The molecule has 0 N–H and O–H groups in total. The molecule has 0 bridgehead atoms. The fraction of sp³-hybridized carbons (Fsp3) is 0.357. The molecule has 0 fully saturated rings. The van der Waals surface area contributed by atoms with Crippen LogP contribution in [0, 0.1) is 6.92 Å². The number of likely N-dealkylation sites (N-methyl/N-ethyl adjacent to an activating group) is 1. The molecule has 2 aromatic heterocycles. The Kier molecular flexibility index (Phi) is 7.33. The van der Waals surface area contributed by atoms with E-state index < -0.39 is 0 Å². The summed E-state index contributed by atoms with van der Waals surface area (Å²) in [5.41, 5.74) is 5.95. The minimum absolute atomic E-state index is 0.807. The zero-order chi connectivity index (χ0) is 22.3. The van der Waals surface area contributed by atoms with Crippen molar-refractivity contribution in [3.05, 3.63) is 77.6 Å². The molecule has 0 saturated carbocycles. The Hall–Kier alpha value is -2.98. The summed E-state index contributed by atoms with van der Waals surface area (Å²) in [6, 6.07) is 21.7. The van der Waals surface area contributed by atoms with Crippen LogP contribution >= 0.6 is 0 Å². The van der Waals surface area contributed by atoms with E-state index in [1.54, 1.807) is 0 Å². The van der Waals surface area contributed by atoms with Crippen LogP contribution in [0.4, 0.5) is 0 Å². The molecule has 4 aromatic rings. The minimum atomic E-state index is 0.807. The van der Waals surface area contributed by atoms with Gasteiger partial charge >= 0.3 is 0 Å². The van der Waals surface area contributed by atoms with E-state index in [2.05, 4.69) is 95.9 Å². The molecule has 0 aliphatic rings. The van der Waals surface area contributed by atoms with Gasteiger partial charge in [0.1, 0.15) is 0 Å². The van der Waals surface area contributed by atoms with Crippen LogP contribution in [0.1, 0.15) is 37.2 Å².